The average Bonchev–Trinajstić information content (AvgIpc) is 2.25. The summed E-state index contributed by atoms with van der Waals surface area (Å²) < 4.78 is 0. The fourth-order valence-electron chi connectivity index (χ4n) is 2.91. The number of carbonyl (C=O) groups excluding carboxylic acids is 2. The third kappa shape index (κ3) is 4.09. The Hall–Kier alpha value is -0.900. The third-order valence-electron chi connectivity index (χ3n) is 4.04. The largest absolute Gasteiger partial charge is 0.354 e. The smallest absolute Gasteiger partial charge is 0.227 e. The molecule has 0 radical (unpaired) electrons. The van der Waals surface area contributed by atoms with Crippen LogP contribution in [-0.4, -0.2) is 42.8 Å². The maximum atomic E-state index is 11.6. The lowest BCUT2D eigenvalue weighted by Crippen LogP contribution is -2.55. The van der Waals surface area contributed by atoms with Gasteiger partial charge in [-0.1, -0.05) is 19.8 Å². The van der Waals surface area contributed by atoms with Gasteiger partial charge in [0, 0.05) is 12.1 Å². The molecule has 0 spiro atoms. The van der Waals surface area contributed by atoms with Crippen LogP contribution in [0.3, 0.4) is 0 Å². The lowest BCUT2D eigenvalue weighted by atomic mass is 9.75. The molecule has 1 aliphatic carbocycles. The van der Waals surface area contributed by atoms with E-state index in [1.807, 2.05) is 0 Å². The fraction of sp³-hybridized carbons (Fsp3) is 0.857. The second-order valence-electron chi connectivity index (χ2n) is 5.98. The van der Waals surface area contributed by atoms with Crippen molar-refractivity contribution in [2.75, 3.05) is 20.6 Å². The van der Waals surface area contributed by atoms with Gasteiger partial charge in [0.25, 0.3) is 0 Å². The van der Waals surface area contributed by atoms with Crippen molar-refractivity contribution < 1.29 is 9.59 Å². The van der Waals surface area contributed by atoms with Crippen LogP contribution in [-0.2, 0) is 9.59 Å². The fourth-order valence-corrected chi connectivity index (χ4v) is 2.91. The lowest BCUT2D eigenvalue weighted by molar-refractivity contribution is -0.127. The third-order valence-corrected chi connectivity index (χ3v) is 4.04. The van der Waals surface area contributed by atoms with Gasteiger partial charge in [-0.3, -0.25) is 9.59 Å². The SMILES string of the molecule is CC(=O)CC(=O)NCC1(N(C)C)CCCC(C)C1. The monoisotopic (exact) mass is 254 g/mol. The van der Waals surface area contributed by atoms with Crippen molar-refractivity contribution in [2.24, 2.45) is 5.92 Å². The molecular formula is C14H26N2O2. The highest BCUT2D eigenvalue weighted by Gasteiger charge is 2.37. The van der Waals surface area contributed by atoms with E-state index >= 15 is 0 Å². The van der Waals surface area contributed by atoms with Crippen molar-refractivity contribution in [3.05, 3.63) is 0 Å². The summed E-state index contributed by atoms with van der Waals surface area (Å²) >= 11 is 0. The van der Waals surface area contributed by atoms with Crippen LogP contribution < -0.4 is 5.32 Å². The Bertz CT molecular complexity index is 315. The van der Waals surface area contributed by atoms with Gasteiger partial charge in [0.15, 0.2) is 0 Å². The minimum Gasteiger partial charge on any atom is -0.354 e. The lowest BCUT2D eigenvalue weighted by Gasteiger charge is -2.45. The van der Waals surface area contributed by atoms with E-state index in [1.165, 1.54) is 19.8 Å². The molecule has 0 heterocycles. The Morgan fingerprint density at radius 2 is 2.06 bits per heavy atom. The molecule has 2 unspecified atom stereocenters. The number of ketones is 1. The highest BCUT2D eigenvalue weighted by Crippen LogP contribution is 2.35. The summed E-state index contributed by atoms with van der Waals surface area (Å²) in [5.74, 6) is 0.469. The highest BCUT2D eigenvalue weighted by atomic mass is 16.2. The quantitative estimate of drug-likeness (QED) is 0.758. The first-order valence-corrected chi connectivity index (χ1v) is 6.79. The van der Waals surface area contributed by atoms with E-state index in [4.69, 9.17) is 0 Å². The van der Waals surface area contributed by atoms with Crippen molar-refractivity contribution in [1.82, 2.24) is 10.2 Å². The number of carbonyl (C=O) groups is 2. The van der Waals surface area contributed by atoms with Crippen LogP contribution >= 0.6 is 0 Å². The average molecular weight is 254 g/mol. The van der Waals surface area contributed by atoms with Gasteiger partial charge < -0.3 is 10.2 Å². The van der Waals surface area contributed by atoms with E-state index in [9.17, 15) is 9.59 Å². The minimum absolute atomic E-state index is 0.000930. The molecule has 0 aromatic heterocycles. The number of hydrogen-bond donors (Lipinski definition) is 1. The Morgan fingerprint density at radius 1 is 1.39 bits per heavy atom. The first kappa shape index (κ1) is 15.2. The Balaban J connectivity index is 2.58. The molecule has 0 aromatic rings. The number of nitrogens with one attached hydrogen (secondary N) is 1. The molecule has 0 saturated heterocycles. The summed E-state index contributed by atoms with van der Waals surface area (Å²) in [5, 5.41) is 2.92. The predicted octanol–water partition coefficient (Wildman–Crippen LogP) is 1.59. The molecule has 0 bridgehead atoms. The zero-order valence-electron chi connectivity index (χ0n) is 12.1. The summed E-state index contributed by atoms with van der Waals surface area (Å²) in [6, 6.07) is 0. The van der Waals surface area contributed by atoms with Crippen LogP contribution in [0, 0.1) is 5.92 Å². The number of Topliss-reactive ketones (excluding diaryl/α,β-unsaturated/α-hetero) is 1. The van der Waals surface area contributed by atoms with Gasteiger partial charge in [0.05, 0.1) is 6.42 Å². The van der Waals surface area contributed by atoms with Crippen LogP contribution in [0.1, 0.15) is 46.0 Å². The van der Waals surface area contributed by atoms with Crippen molar-refractivity contribution in [2.45, 2.75) is 51.5 Å². The molecule has 4 heteroatoms. The molecular weight excluding hydrogens is 228 g/mol. The maximum Gasteiger partial charge on any atom is 0.227 e. The summed E-state index contributed by atoms with van der Waals surface area (Å²) in [7, 11) is 4.16. The molecule has 1 N–H and O–H groups in total. The van der Waals surface area contributed by atoms with E-state index in [1.54, 1.807) is 0 Å². The van der Waals surface area contributed by atoms with E-state index in [-0.39, 0.29) is 23.7 Å². The summed E-state index contributed by atoms with van der Waals surface area (Å²) in [4.78, 5) is 24.7. The van der Waals surface area contributed by atoms with Crippen LogP contribution in [0.25, 0.3) is 0 Å². The van der Waals surface area contributed by atoms with Crippen molar-refractivity contribution in [1.29, 1.82) is 0 Å². The molecule has 1 rings (SSSR count). The predicted molar refractivity (Wildman–Crippen MR) is 72.4 cm³/mol. The summed E-state index contributed by atoms with van der Waals surface area (Å²) in [6.45, 7) is 4.37. The van der Waals surface area contributed by atoms with Gasteiger partial charge >= 0.3 is 0 Å². The van der Waals surface area contributed by atoms with E-state index in [0.29, 0.717) is 12.5 Å². The van der Waals surface area contributed by atoms with Crippen LogP contribution in [0.4, 0.5) is 0 Å². The van der Waals surface area contributed by atoms with Crippen molar-refractivity contribution in [3.63, 3.8) is 0 Å². The highest BCUT2D eigenvalue weighted by molar-refractivity contribution is 5.96. The summed E-state index contributed by atoms with van der Waals surface area (Å²) in [6.07, 6.45) is 4.71. The second kappa shape index (κ2) is 6.32. The van der Waals surface area contributed by atoms with Crippen molar-refractivity contribution in [3.8, 4) is 0 Å². The normalized spacial score (nSPS) is 28.2. The number of nitrogens with zero attached hydrogens (tertiary/aromatic N) is 1. The molecule has 0 aromatic carbocycles. The van der Waals surface area contributed by atoms with Crippen LogP contribution in [0.15, 0.2) is 0 Å². The standard InChI is InChI=1S/C14H26N2O2/c1-11-6-5-7-14(9-11,16(3)4)10-15-13(18)8-12(2)17/h11H,5-10H2,1-4H3,(H,15,18). The van der Waals surface area contributed by atoms with Gasteiger partial charge in [-0.15, -0.1) is 0 Å². The molecule has 1 fully saturated rings. The minimum atomic E-state index is -0.151. The van der Waals surface area contributed by atoms with Crippen LogP contribution in [0.5, 0.6) is 0 Å². The van der Waals surface area contributed by atoms with Crippen LogP contribution in [0.2, 0.25) is 0 Å². The Morgan fingerprint density at radius 3 is 2.56 bits per heavy atom. The van der Waals surface area contributed by atoms with Crippen molar-refractivity contribution >= 4 is 11.7 Å². The first-order chi connectivity index (χ1) is 8.35. The summed E-state index contributed by atoms with van der Waals surface area (Å²) in [5.41, 5.74) is 0.0596. The molecule has 4 nitrogen and oxygen atoms in total. The van der Waals surface area contributed by atoms with E-state index < -0.39 is 0 Å². The number of hydrogen-bond acceptors (Lipinski definition) is 3. The number of amides is 1. The van der Waals surface area contributed by atoms with E-state index in [2.05, 4.69) is 31.2 Å². The Labute approximate surface area is 110 Å². The van der Waals surface area contributed by atoms with Gasteiger partial charge in [0.1, 0.15) is 5.78 Å². The molecule has 0 aliphatic heterocycles. The van der Waals surface area contributed by atoms with Gasteiger partial charge in [0.2, 0.25) is 5.91 Å². The van der Waals surface area contributed by atoms with Gasteiger partial charge in [-0.05, 0) is 39.8 Å². The van der Waals surface area contributed by atoms with E-state index in [0.717, 1.165) is 12.8 Å². The first-order valence-electron chi connectivity index (χ1n) is 6.79. The Kier molecular flexibility index (Phi) is 5.32. The number of rotatable bonds is 5. The zero-order valence-corrected chi connectivity index (χ0v) is 12.1. The maximum absolute atomic E-state index is 11.6. The number of likely N-dealkylation sites (N-methyl/N-ethyl adjacent to an activating group) is 1. The van der Waals surface area contributed by atoms with Gasteiger partial charge in [-0.2, -0.15) is 0 Å². The molecule has 2 atom stereocenters. The molecule has 1 amide bonds. The van der Waals surface area contributed by atoms with Gasteiger partial charge in [-0.25, -0.2) is 0 Å². The zero-order chi connectivity index (χ0) is 13.8. The second-order valence-corrected chi connectivity index (χ2v) is 5.98. The molecule has 104 valence electrons. The molecule has 18 heavy (non-hydrogen) atoms. The topological polar surface area (TPSA) is 49.4 Å². The molecule has 1 aliphatic rings. The molecule has 1 saturated carbocycles.